The molecule has 0 saturated carbocycles. The summed E-state index contributed by atoms with van der Waals surface area (Å²) in [5.41, 5.74) is 0.285. The lowest BCUT2D eigenvalue weighted by Gasteiger charge is -2.24. The highest BCUT2D eigenvalue weighted by molar-refractivity contribution is 5.96. The molecule has 0 radical (unpaired) electrons. The molecule has 0 aromatic heterocycles. The molecule has 1 heterocycles. The van der Waals surface area contributed by atoms with E-state index >= 15 is 0 Å². The predicted octanol–water partition coefficient (Wildman–Crippen LogP) is 1.74. The van der Waals surface area contributed by atoms with Crippen molar-refractivity contribution in [3.05, 3.63) is 33.4 Å². The van der Waals surface area contributed by atoms with Gasteiger partial charge in [0, 0.05) is 17.8 Å². The lowest BCUT2D eigenvalue weighted by Crippen LogP contribution is -2.36. The van der Waals surface area contributed by atoms with Crippen LogP contribution in [0.25, 0.3) is 0 Å². The van der Waals surface area contributed by atoms with Gasteiger partial charge in [0.15, 0.2) is 0 Å². The summed E-state index contributed by atoms with van der Waals surface area (Å²) in [6, 6.07) is 2.18. The third-order valence-electron chi connectivity index (χ3n) is 3.74. The number of ether oxygens (including phenoxy) is 1. The van der Waals surface area contributed by atoms with Crippen LogP contribution in [0.4, 0.5) is 11.4 Å². The number of nitro groups is 1. The van der Waals surface area contributed by atoms with E-state index in [2.05, 4.69) is 4.74 Å². The molecule has 0 amide bonds. The number of aliphatic carboxylic acids is 1. The van der Waals surface area contributed by atoms with Gasteiger partial charge in [-0.2, -0.15) is 0 Å². The molecule has 22 heavy (non-hydrogen) atoms. The molecule has 0 bridgehead atoms. The number of anilines is 1. The minimum Gasteiger partial charge on any atom is -0.480 e. The maximum Gasteiger partial charge on any atom is 0.344 e. The monoisotopic (exact) mass is 308 g/mol. The van der Waals surface area contributed by atoms with Crippen molar-refractivity contribution >= 4 is 23.3 Å². The van der Waals surface area contributed by atoms with Crippen LogP contribution in [-0.2, 0) is 9.53 Å². The van der Waals surface area contributed by atoms with E-state index in [0.29, 0.717) is 30.6 Å². The quantitative estimate of drug-likeness (QED) is 0.512. The topological polar surface area (TPSA) is 110 Å². The van der Waals surface area contributed by atoms with Gasteiger partial charge in [-0.3, -0.25) is 10.1 Å². The zero-order valence-corrected chi connectivity index (χ0v) is 12.2. The maximum atomic E-state index is 11.8. The SMILES string of the molecule is COC(=O)c1cc(N2CCCC2C(=O)O)cc(C)c1[N+](=O)[O-]. The minimum atomic E-state index is -0.951. The summed E-state index contributed by atoms with van der Waals surface area (Å²) in [6.07, 6.45) is 1.21. The largest absolute Gasteiger partial charge is 0.480 e. The van der Waals surface area contributed by atoms with Crippen LogP contribution in [0.3, 0.4) is 0 Å². The van der Waals surface area contributed by atoms with Gasteiger partial charge in [0.05, 0.1) is 12.0 Å². The Balaban J connectivity index is 2.55. The molecule has 1 fully saturated rings. The number of carbonyl (C=O) groups excluding carboxylic acids is 1. The van der Waals surface area contributed by atoms with Gasteiger partial charge in [-0.25, -0.2) is 9.59 Å². The van der Waals surface area contributed by atoms with Gasteiger partial charge in [-0.1, -0.05) is 0 Å². The van der Waals surface area contributed by atoms with Gasteiger partial charge in [0.25, 0.3) is 5.69 Å². The summed E-state index contributed by atoms with van der Waals surface area (Å²) in [7, 11) is 1.14. The van der Waals surface area contributed by atoms with E-state index in [9.17, 15) is 24.8 Å². The summed E-state index contributed by atoms with van der Waals surface area (Å²) in [4.78, 5) is 35.3. The molecule has 2 rings (SSSR count). The molecule has 0 aliphatic carbocycles. The second-order valence-corrected chi connectivity index (χ2v) is 5.10. The van der Waals surface area contributed by atoms with E-state index in [1.54, 1.807) is 4.90 Å². The third kappa shape index (κ3) is 2.72. The molecule has 8 nitrogen and oxygen atoms in total. The number of rotatable bonds is 4. The van der Waals surface area contributed by atoms with Gasteiger partial charge >= 0.3 is 11.9 Å². The Labute approximate surface area is 126 Å². The van der Waals surface area contributed by atoms with Gasteiger partial charge in [-0.15, -0.1) is 0 Å². The van der Waals surface area contributed by atoms with Crippen LogP contribution in [0.1, 0.15) is 28.8 Å². The fourth-order valence-electron chi connectivity index (χ4n) is 2.77. The molecule has 1 atom stereocenters. The lowest BCUT2D eigenvalue weighted by atomic mass is 10.1. The summed E-state index contributed by atoms with van der Waals surface area (Å²) in [5, 5.41) is 20.4. The molecule has 1 aliphatic heterocycles. The average Bonchev–Trinajstić information content (AvgIpc) is 2.94. The zero-order chi connectivity index (χ0) is 16.4. The van der Waals surface area contributed by atoms with Gasteiger partial charge in [0.2, 0.25) is 0 Å². The normalized spacial score (nSPS) is 17.4. The number of nitro benzene ring substituents is 1. The van der Waals surface area contributed by atoms with E-state index < -0.39 is 22.9 Å². The lowest BCUT2D eigenvalue weighted by molar-refractivity contribution is -0.385. The highest BCUT2D eigenvalue weighted by Crippen LogP contribution is 2.33. The number of hydrogen-bond donors (Lipinski definition) is 1. The number of esters is 1. The van der Waals surface area contributed by atoms with Crippen molar-refractivity contribution in [2.45, 2.75) is 25.8 Å². The smallest absolute Gasteiger partial charge is 0.344 e. The Morgan fingerprint density at radius 3 is 2.68 bits per heavy atom. The third-order valence-corrected chi connectivity index (χ3v) is 3.74. The van der Waals surface area contributed by atoms with E-state index in [1.807, 2.05) is 0 Å². The van der Waals surface area contributed by atoms with Gasteiger partial charge in [0.1, 0.15) is 11.6 Å². The van der Waals surface area contributed by atoms with Crippen LogP contribution in [0, 0.1) is 17.0 Å². The molecule has 1 aromatic carbocycles. The highest BCUT2D eigenvalue weighted by Gasteiger charge is 2.33. The molecule has 1 saturated heterocycles. The van der Waals surface area contributed by atoms with Crippen molar-refractivity contribution in [2.24, 2.45) is 0 Å². The van der Waals surface area contributed by atoms with Crippen molar-refractivity contribution < 1.29 is 24.4 Å². The van der Waals surface area contributed by atoms with Crippen molar-refractivity contribution in [1.29, 1.82) is 0 Å². The van der Waals surface area contributed by atoms with Crippen LogP contribution in [0.2, 0.25) is 0 Å². The molecule has 1 unspecified atom stereocenters. The highest BCUT2D eigenvalue weighted by atomic mass is 16.6. The van der Waals surface area contributed by atoms with Crippen LogP contribution < -0.4 is 4.90 Å². The average molecular weight is 308 g/mol. The first-order chi connectivity index (χ1) is 10.4. The standard InChI is InChI=1S/C14H16N2O6/c1-8-6-9(15-5-3-4-11(15)13(17)18)7-10(14(19)22-2)12(8)16(20)21/h6-7,11H,3-5H2,1-2H3,(H,17,18). The summed E-state index contributed by atoms with van der Waals surface area (Å²) >= 11 is 0. The van der Waals surface area contributed by atoms with Gasteiger partial charge < -0.3 is 14.7 Å². The van der Waals surface area contributed by atoms with Crippen molar-refractivity contribution in [3.63, 3.8) is 0 Å². The van der Waals surface area contributed by atoms with Gasteiger partial charge in [-0.05, 0) is 31.9 Å². The van der Waals surface area contributed by atoms with Crippen LogP contribution in [-0.4, -0.2) is 41.7 Å². The van der Waals surface area contributed by atoms with E-state index in [4.69, 9.17) is 0 Å². The minimum absolute atomic E-state index is 0.168. The molecule has 1 aliphatic rings. The van der Waals surface area contributed by atoms with Crippen LogP contribution in [0.15, 0.2) is 12.1 Å². The molecular formula is C14H16N2O6. The number of carbonyl (C=O) groups is 2. The summed E-state index contributed by atoms with van der Waals surface area (Å²) < 4.78 is 4.60. The first-order valence-corrected chi connectivity index (χ1v) is 6.73. The van der Waals surface area contributed by atoms with E-state index in [-0.39, 0.29) is 11.3 Å². The Kier molecular flexibility index (Phi) is 4.30. The molecule has 1 aromatic rings. The molecule has 0 spiro atoms. The number of methoxy groups -OCH3 is 1. The Morgan fingerprint density at radius 1 is 1.45 bits per heavy atom. The number of carboxylic acids is 1. The molecular weight excluding hydrogens is 292 g/mol. The van der Waals surface area contributed by atoms with Crippen LogP contribution in [0.5, 0.6) is 0 Å². The van der Waals surface area contributed by atoms with Crippen molar-refractivity contribution in [3.8, 4) is 0 Å². The number of carboxylic acid groups (broad SMARTS) is 1. The maximum absolute atomic E-state index is 11.8. The molecule has 8 heteroatoms. The van der Waals surface area contributed by atoms with E-state index in [0.717, 1.165) is 7.11 Å². The Bertz CT molecular complexity index is 642. The second-order valence-electron chi connectivity index (χ2n) is 5.10. The predicted molar refractivity (Wildman–Crippen MR) is 77.2 cm³/mol. The fraction of sp³-hybridized carbons (Fsp3) is 0.429. The Hall–Kier alpha value is -2.64. The Morgan fingerprint density at radius 2 is 2.14 bits per heavy atom. The fourth-order valence-corrected chi connectivity index (χ4v) is 2.77. The first-order valence-electron chi connectivity index (χ1n) is 6.73. The first kappa shape index (κ1) is 15.7. The molecule has 1 N–H and O–H groups in total. The van der Waals surface area contributed by atoms with Crippen molar-refractivity contribution in [2.75, 3.05) is 18.6 Å². The number of benzene rings is 1. The number of nitrogens with zero attached hydrogens (tertiary/aromatic N) is 2. The summed E-state index contributed by atoms with van der Waals surface area (Å²) in [5.74, 6) is -1.77. The van der Waals surface area contributed by atoms with Crippen LogP contribution >= 0.6 is 0 Å². The van der Waals surface area contributed by atoms with E-state index in [1.165, 1.54) is 19.1 Å². The summed E-state index contributed by atoms with van der Waals surface area (Å²) in [6.45, 7) is 2.04. The number of aryl methyl sites for hydroxylation is 1. The number of hydrogen-bond acceptors (Lipinski definition) is 6. The van der Waals surface area contributed by atoms with Crippen molar-refractivity contribution in [1.82, 2.24) is 0 Å². The molecule has 118 valence electrons. The zero-order valence-electron chi connectivity index (χ0n) is 12.2. The second kappa shape index (κ2) is 6.00.